The molecule has 112 valence electrons. The molecule has 0 unspecified atom stereocenters. The number of methoxy groups -OCH3 is 1. The van der Waals surface area contributed by atoms with Gasteiger partial charge in [-0.3, -0.25) is 0 Å². The molecular formula is C18H24N2O. The van der Waals surface area contributed by atoms with Crippen molar-refractivity contribution in [2.75, 3.05) is 7.11 Å². The van der Waals surface area contributed by atoms with Gasteiger partial charge in [-0.1, -0.05) is 51.1 Å². The van der Waals surface area contributed by atoms with Crippen LogP contribution in [-0.2, 0) is 18.5 Å². The van der Waals surface area contributed by atoms with Crippen molar-refractivity contribution in [1.29, 1.82) is 0 Å². The van der Waals surface area contributed by atoms with Crippen molar-refractivity contribution >= 4 is 0 Å². The predicted octanol–water partition coefficient (Wildman–Crippen LogP) is 3.68. The summed E-state index contributed by atoms with van der Waals surface area (Å²) in [6.07, 6.45) is 1.84. The lowest BCUT2D eigenvalue weighted by Gasteiger charge is -2.19. The zero-order valence-electron chi connectivity index (χ0n) is 13.3. The Hall–Kier alpha value is -1.87. The normalized spacial score (nSPS) is 11.4. The molecule has 0 radical (unpaired) electrons. The summed E-state index contributed by atoms with van der Waals surface area (Å²) in [5, 5.41) is 3.43. The summed E-state index contributed by atoms with van der Waals surface area (Å²) in [6.45, 7) is 8.36. The van der Waals surface area contributed by atoms with E-state index in [-0.39, 0.29) is 5.41 Å². The fourth-order valence-corrected chi connectivity index (χ4v) is 2.11. The second-order valence-electron chi connectivity index (χ2n) is 6.26. The van der Waals surface area contributed by atoms with Gasteiger partial charge in [0.2, 0.25) is 5.88 Å². The van der Waals surface area contributed by atoms with E-state index in [0.29, 0.717) is 5.88 Å². The Morgan fingerprint density at radius 1 is 0.952 bits per heavy atom. The van der Waals surface area contributed by atoms with E-state index in [1.807, 2.05) is 18.3 Å². The predicted molar refractivity (Wildman–Crippen MR) is 86.5 cm³/mol. The first-order valence-corrected chi connectivity index (χ1v) is 7.28. The third kappa shape index (κ3) is 4.57. The van der Waals surface area contributed by atoms with Crippen molar-refractivity contribution in [3.63, 3.8) is 0 Å². The van der Waals surface area contributed by atoms with E-state index in [0.717, 1.165) is 18.7 Å². The van der Waals surface area contributed by atoms with Gasteiger partial charge < -0.3 is 10.1 Å². The van der Waals surface area contributed by atoms with E-state index in [4.69, 9.17) is 4.74 Å². The number of hydrogen-bond acceptors (Lipinski definition) is 3. The maximum atomic E-state index is 5.05. The Balaban J connectivity index is 1.85. The van der Waals surface area contributed by atoms with Gasteiger partial charge in [0.05, 0.1) is 7.11 Å². The summed E-state index contributed by atoms with van der Waals surface area (Å²) < 4.78 is 5.05. The van der Waals surface area contributed by atoms with Crippen molar-refractivity contribution < 1.29 is 4.74 Å². The molecule has 0 spiro atoms. The molecule has 0 atom stereocenters. The lowest BCUT2D eigenvalue weighted by Crippen LogP contribution is -2.14. The highest BCUT2D eigenvalue weighted by Gasteiger charge is 2.12. The maximum Gasteiger partial charge on any atom is 0.212 e. The average molecular weight is 284 g/mol. The Morgan fingerprint density at radius 3 is 2.10 bits per heavy atom. The number of nitrogens with one attached hydrogen (secondary N) is 1. The van der Waals surface area contributed by atoms with Crippen molar-refractivity contribution in [2.45, 2.75) is 39.3 Å². The van der Waals surface area contributed by atoms with Gasteiger partial charge in [0.15, 0.2) is 0 Å². The van der Waals surface area contributed by atoms with Crippen LogP contribution in [0, 0.1) is 0 Å². The second kappa shape index (κ2) is 6.72. The third-order valence-electron chi connectivity index (χ3n) is 3.48. The largest absolute Gasteiger partial charge is 0.481 e. The first-order chi connectivity index (χ1) is 9.99. The van der Waals surface area contributed by atoms with Crippen LogP contribution >= 0.6 is 0 Å². The van der Waals surface area contributed by atoms with Crippen LogP contribution in [0.1, 0.15) is 37.5 Å². The summed E-state index contributed by atoms with van der Waals surface area (Å²) in [7, 11) is 1.63. The highest BCUT2D eigenvalue weighted by atomic mass is 16.5. The summed E-state index contributed by atoms with van der Waals surface area (Å²) in [5.41, 5.74) is 4.03. The van der Waals surface area contributed by atoms with Gasteiger partial charge in [-0.15, -0.1) is 0 Å². The minimum Gasteiger partial charge on any atom is -0.481 e. The van der Waals surface area contributed by atoms with E-state index in [1.54, 1.807) is 7.11 Å². The van der Waals surface area contributed by atoms with Gasteiger partial charge in [-0.05, 0) is 22.1 Å². The molecule has 0 fully saturated rings. The molecule has 1 heterocycles. The van der Waals surface area contributed by atoms with Crippen LogP contribution in [0.3, 0.4) is 0 Å². The minimum atomic E-state index is 0.209. The molecule has 2 aromatic rings. The van der Waals surface area contributed by atoms with E-state index >= 15 is 0 Å². The van der Waals surface area contributed by atoms with E-state index in [9.17, 15) is 0 Å². The van der Waals surface area contributed by atoms with Gasteiger partial charge in [0.1, 0.15) is 0 Å². The molecule has 1 N–H and O–H groups in total. The number of ether oxygens (including phenoxy) is 1. The molecule has 0 aliphatic rings. The lowest BCUT2D eigenvalue weighted by molar-refractivity contribution is 0.397. The molecule has 1 aromatic carbocycles. The van der Waals surface area contributed by atoms with Crippen LogP contribution in [0.4, 0.5) is 0 Å². The molecule has 0 saturated carbocycles. The summed E-state index contributed by atoms with van der Waals surface area (Å²) >= 11 is 0. The molecule has 3 nitrogen and oxygen atoms in total. The highest BCUT2D eigenvalue weighted by Crippen LogP contribution is 2.22. The molecule has 0 saturated heterocycles. The lowest BCUT2D eigenvalue weighted by atomic mass is 9.87. The molecular weight excluding hydrogens is 260 g/mol. The van der Waals surface area contributed by atoms with Gasteiger partial charge >= 0.3 is 0 Å². The number of hydrogen-bond donors (Lipinski definition) is 1. The monoisotopic (exact) mass is 284 g/mol. The van der Waals surface area contributed by atoms with E-state index in [1.165, 1.54) is 11.1 Å². The van der Waals surface area contributed by atoms with Gasteiger partial charge in [0, 0.05) is 25.4 Å². The first-order valence-electron chi connectivity index (χ1n) is 7.28. The van der Waals surface area contributed by atoms with Crippen LogP contribution in [0.5, 0.6) is 5.88 Å². The summed E-state index contributed by atoms with van der Waals surface area (Å²) in [6, 6.07) is 12.7. The Morgan fingerprint density at radius 2 is 1.57 bits per heavy atom. The van der Waals surface area contributed by atoms with Crippen molar-refractivity contribution in [2.24, 2.45) is 0 Å². The third-order valence-corrected chi connectivity index (χ3v) is 3.48. The van der Waals surface area contributed by atoms with Crippen LogP contribution in [-0.4, -0.2) is 12.1 Å². The van der Waals surface area contributed by atoms with Crippen molar-refractivity contribution in [1.82, 2.24) is 10.3 Å². The molecule has 0 aliphatic carbocycles. The first kappa shape index (κ1) is 15.5. The minimum absolute atomic E-state index is 0.209. The van der Waals surface area contributed by atoms with Crippen LogP contribution in [0.25, 0.3) is 0 Å². The van der Waals surface area contributed by atoms with E-state index < -0.39 is 0 Å². The quantitative estimate of drug-likeness (QED) is 0.909. The smallest absolute Gasteiger partial charge is 0.212 e. The zero-order valence-corrected chi connectivity index (χ0v) is 13.3. The van der Waals surface area contributed by atoms with E-state index in [2.05, 4.69) is 55.3 Å². The maximum absolute atomic E-state index is 5.05. The Labute approximate surface area is 127 Å². The van der Waals surface area contributed by atoms with Crippen LogP contribution in [0.2, 0.25) is 0 Å². The summed E-state index contributed by atoms with van der Waals surface area (Å²) in [5.74, 6) is 0.650. The Kier molecular flexibility index (Phi) is 4.97. The topological polar surface area (TPSA) is 34.1 Å². The van der Waals surface area contributed by atoms with Gasteiger partial charge in [-0.25, -0.2) is 4.98 Å². The van der Waals surface area contributed by atoms with Gasteiger partial charge in [-0.2, -0.15) is 0 Å². The average Bonchev–Trinajstić information content (AvgIpc) is 2.47. The SMILES string of the molecule is COc1ccc(CNCc2ccc(C(C)(C)C)cc2)cn1. The van der Waals surface area contributed by atoms with Crippen molar-refractivity contribution in [3.8, 4) is 5.88 Å². The molecule has 0 aliphatic heterocycles. The fourth-order valence-electron chi connectivity index (χ4n) is 2.11. The number of aromatic nitrogens is 1. The summed E-state index contributed by atoms with van der Waals surface area (Å²) in [4.78, 5) is 4.20. The number of benzene rings is 1. The molecule has 3 heteroatoms. The molecule has 21 heavy (non-hydrogen) atoms. The molecule has 1 aromatic heterocycles. The Bertz CT molecular complexity index is 553. The number of rotatable bonds is 5. The number of nitrogens with zero attached hydrogens (tertiary/aromatic N) is 1. The number of pyridine rings is 1. The standard InChI is InChI=1S/C18H24N2O/c1-18(2,3)16-8-5-14(6-9-16)11-19-12-15-7-10-17(21-4)20-13-15/h5-10,13,19H,11-12H2,1-4H3. The molecule has 2 rings (SSSR count). The zero-order chi connectivity index (χ0) is 15.3. The van der Waals surface area contributed by atoms with Crippen LogP contribution < -0.4 is 10.1 Å². The molecule has 0 amide bonds. The second-order valence-corrected chi connectivity index (χ2v) is 6.26. The van der Waals surface area contributed by atoms with Crippen molar-refractivity contribution in [3.05, 3.63) is 59.3 Å². The van der Waals surface area contributed by atoms with Gasteiger partial charge in [0.25, 0.3) is 0 Å². The highest BCUT2D eigenvalue weighted by molar-refractivity contribution is 5.27. The molecule has 0 bridgehead atoms. The fraction of sp³-hybridized carbons (Fsp3) is 0.389. The van der Waals surface area contributed by atoms with Crippen LogP contribution in [0.15, 0.2) is 42.6 Å².